The van der Waals surface area contributed by atoms with Crippen LogP contribution in [-0.4, -0.2) is 34.0 Å². The van der Waals surface area contributed by atoms with Gasteiger partial charge in [0.2, 0.25) is 6.04 Å². The van der Waals surface area contributed by atoms with Crippen LogP contribution in [-0.2, 0) is 9.59 Å². The number of rotatable bonds is 5. The Morgan fingerprint density at radius 3 is 2.06 bits per heavy atom. The molecule has 0 aliphatic heterocycles. The first-order chi connectivity index (χ1) is 8.41. The van der Waals surface area contributed by atoms with Crippen molar-refractivity contribution in [2.24, 2.45) is 10.2 Å². The molecular weight excluding hydrogens is 240 g/mol. The van der Waals surface area contributed by atoms with E-state index in [1.54, 1.807) is 0 Å². The molecule has 0 aliphatic rings. The molecule has 0 saturated heterocycles. The lowest BCUT2D eigenvalue weighted by Gasteiger charge is -2.00. The summed E-state index contributed by atoms with van der Waals surface area (Å²) >= 11 is 0. The summed E-state index contributed by atoms with van der Waals surface area (Å²) in [5, 5.41) is 24.3. The number of carbonyl (C=O) groups is 3. The first-order valence-electron chi connectivity index (χ1n) is 4.89. The van der Waals surface area contributed by atoms with Gasteiger partial charge in [-0.25, -0.2) is 9.59 Å². The molecule has 0 radical (unpaired) electrons. The number of aromatic carboxylic acids is 1. The number of carboxylic acid groups (broad SMARTS) is 2. The van der Waals surface area contributed by atoms with Crippen molar-refractivity contribution in [3.8, 4) is 0 Å². The van der Waals surface area contributed by atoms with E-state index in [4.69, 9.17) is 10.2 Å². The largest absolute Gasteiger partial charge is 0.479 e. The molecule has 18 heavy (non-hydrogen) atoms. The zero-order chi connectivity index (χ0) is 13.7. The van der Waals surface area contributed by atoms with E-state index >= 15 is 0 Å². The molecule has 1 unspecified atom stereocenters. The molecule has 7 heteroatoms. The van der Waals surface area contributed by atoms with Crippen LogP contribution in [0, 0.1) is 0 Å². The summed E-state index contributed by atoms with van der Waals surface area (Å²) in [6.07, 6.45) is 0. The second-order valence-electron chi connectivity index (χ2n) is 3.42. The van der Waals surface area contributed by atoms with E-state index in [0.29, 0.717) is 0 Å². The van der Waals surface area contributed by atoms with Crippen molar-refractivity contribution in [3.63, 3.8) is 0 Å². The van der Waals surface area contributed by atoms with E-state index in [0.717, 1.165) is 6.92 Å². The maximum absolute atomic E-state index is 10.9. The number of ketones is 1. The molecular formula is C11H10N2O5. The zero-order valence-corrected chi connectivity index (χ0v) is 9.40. The average Bonchev–Trinajstić information content (AvgIpc) is 2.28. The number of carboxylic acids is 2. The maximum atomic E-state index is 10.9. The van der Waals surface area contributed by atoms with Crippen LogP contribution in [0.5, 0.6) is 0 Å². The van der Waals surface area contributed by atoms with Crippen molar-refractivity contribution in [2.75, 3.05) is 0 Å². The molecule has 2 N–H and O–H groups in total. The fourth-order valence-corrected chi connectivity index (χ4v) is 1.10. The molecule has 0 saturated carbocycles. The van der Waals surface area contributed by atoms with Gasteiger partial charge >= 0.3 is 11.9 Å². The Labute approximate surface area is 102 Å². The molecule has 0 heterocycles. The SMILES string of the molecule is CC(=O)C(N=Nc1ccc(C(=O)O)cc1)C(=O)O. The Morgan fingerprint density at radius 2 is 1.67 bits per heavy atom. The third-order valence-corrected chi connectivity index (χ3v) is 2.02. The van der Waals surface area contributed by atoms with Crippen LogP contribution in [0.1, 0.15) is 17.3 Å². The molecule has 94 valence electrons. The van der Waals surface area contributed by atoms with Crippen LogP contribution in [0.2, 0.25) is 0 Å². The first-order valence-corrected chi connectivity index (χ1v) is 4.89. The van der Waals surface area contributed by atoms with Gasteiger partial charge in [-0.1, -0.05) is 0 Å². The summed E-state index contributed by atoms with van der Waals surface area (Å²) in [5.41, 5.74) is 0.350. The van der Waals surface area contributed by atoms with Gasteiger partial charge in [-0.05, 0) is 31.2 Å². The number of nitrogens with zero attached hydrogens (tertiary/aromatic N) is 2. The van der Waals surface area contributed by atoms with Crippen LogP contribution in [0.25, 0.3) is 0 Å². The number of hydrogen-bond acceptors (Lipinski definition) is 5. The van der Waals surface area contributed by atoms with Gasteiger partial charge in [0, 0.05) is 0 Å². The van der Waals surface area contributed by atoms with Gasteiger partial charge in [-0.15, -0.1) is 0 Å². The van der Waals surface area contributed by atoms with Crippen molar-refractivity contribution in [3.05, 3.63) is 29.8 Å². The van der Waals surface area contributed by atoms with Gasteiger partial charge in [0.15, 0.2) is 5.78 Å². The van der Waals surface area contributed by atoms with Gasteiger partial charge in [0.25, 0.3) is 0 Å². The fourth-order valence-electron chi connectivity index (χ4n) is 1.10. The van der Waals surface area contributed by atoms with Gasteiger partial charge in [0.05, 0.1) is 11.3 Å². The van der Waals surface area contributed by atoms with Crippen LogP contribution in [0.3, 0.4) is 0 Å². The van der Waals surface area contributed by atoms with E-state index in [9.17, 15) is 14.4 Å². The molecule has 0 amide bonds. The van der Waals surface area contributed by atoms with Crippen molar-refractivity contribution in [1.29, 1.82) is 0 Å². The maximum Gasteiger partial charge on any atom is 0.338 e. The molecule has 0 bridgehead atoms. The molecule has 0 aromatic heterocycles. The molecule has 0 aliphatic carbocycles. The summed E-state index contributed by atoms with van der Waals surface area (Å²) in [7, 11) is 0. The Morgan fingerprint density at radius 1 is 1.11 bits per heavy atom. The molecule has 1 aromatic rings. The highest BCUT2D eigenvalue weighted by Crippen LogP contribution is 2.14. The normalized spacial score (nSPS) is 12.3. The summed E-state index contributed by atoms with van der Waals surface area (Å²) in [4.78, 5) is 32.2. The van der Waals surface area contributed by atoms with Crippen molar-refractivity contribution >= 4 is 23.4 Å². The predicted molar refractivity (Wildman–Crippen MR) is 60.0 cm³/mol. The van der Waals surface area contributed by atoms with E-state index < -0.39 is 23.8 Å². The lowest BCUT2D eigenvalue weighted by Crippen LogP contribution is -2.25. The quantitative estimate of drug-likeness (QED) is 0.606. The highest BCUT2D eigenvalue weighted by molar-refractivity contribution is 6.01. The third kappa shape index (κ3) is 3.48. The number of benzene rings is 1. The predicted octanol–water partition coefficient (Wildman–Crippen LogP) is 1.51. The first kappa shape index (κ1) is 13.5. The summed E-state index contributed by atoms with van der Waals surface area (Å²) in [6.45, 7) is 1.10. The smallest absolute Gasteiger partial charge is 0.338 e. The second kappa shape index (κ2) is 5.67. The molecule has 0 spiro atoms. The van der Waals surface area contributed by atoms with Gasteiger partial charge < -0.3 is 10.2 Å². The van der Waals surface area contributed by atoms with Crippen LogP contribution >= 0.6 is 0 Å². The number of aliphatic carboxylic acids is 1. The number of Topliss-reactive ketones (excluding diaryl/α,β-unsaturated/α-hetero) is 1. The average molecular weight is 250 g/mol. The molecule has 1 atom stereocenters. The summed E-state index contributed by atoms with van der Waals surface area (Å²) in [6, 6.07) is 3.81. The van der Waals surface area contributed by atoms with Crippen LogP contribution < -0.4 is 0 Å². The fraction of sp³-hybridized carbons (Fsp3) is 0.182. The van der Waals surface area contributed by atoms with Crippen molar-refractivity contribution in [1.82, 2.24) is 0 Å². The summed E-state index contributed by atoms with van der Waals surface area (Å²) in [5.74, 6) is -3.09. The van der Waals surface area contributed by atoms with E-state index in [1.165, 1.54) is 24.3 Å². The Bertz CT molecular complexity index is 493. The molecule has 1 aromatic carbocycles. The monoisotopic (exact) mass is 250 g/mol. The standard InChI is InChI=1S/C11H10N2O5/c1-6(14)9(11(17)18)13-12-8-4-2-7(3-5-8)10(15)16/h2-5,9H,1H3,(H,15,16)(H,17,18). The van der Waals surface area contributed by atoms with E-state index in [-0.39, 0.29) is 11.3 Å². The summed E-state index contributed by atoms with van der Waals surface area (Å²) < 4.78 is 0. The van der Waals surface area contributed by atoms with E-state index in [1.807, 2.05) is 0 Å². The molecule has 7 nitrogen and oxygen atoms in total. The van der Waals surface area contributed by atoms with Crippen LogP contribution in [0.15, 0.2) is 34.5 Å². The number of azo groups is 1. The van der Waals surface area contributed by atoms with Gasteiger partial charge in [-0.2, -0.15) is 10.2 Å². The lowest BCUT2D eigenvalue weighted by molar-refractivity contribution is -0.141. The Hall–Kier alpha value is -2.57. The second-order valence-corrected chi connectivity index (χ2v) is 3.42. The highest BCUT2D eigenvalue weighted by Gasteiger charge is 2.21. The lowest BCUT2D eigenvalue weighted by atomic mass is 10.2. The van der Waals surface area contributed by atoms with E-state index in [2.05, 4.69) is 10.2 Å². The minimum atomic E-state index is -1.54. The van der Waals surface area contributed by atoms with Gasteiger partial charge in [-0.3, -0.25) is 4.79 Å². The minimum Gasteiger partial charge on any atom is -0.479 e. The topological polar surface area (TPSA) is 116 Å². The minimum absolute atomic E-state index is 0.0790. The highest BCUT2D eigenvalue weighted by atomic mass is 16.4. The number of hydrogen-bond donors (Lipinski definition) is 2. The zero-order valence-electron chi connectivity index (χ0n) is 9.40. The van der Waals surface area contributed by atoms with Crippen molar-refractivity contribution in [2.45, 2.75) is 13.0 Å². The number of carbonyl (C=O) groups excluding carboxylic acids is 1. The molecule has 0 fully saturated rings. The van der Waals surface area contributed by atoms with Crippen LogP contribution in [0.4, 0.5) is 5.69 Å². The van der Waals surface area contributed by atoms with Gasteiger partial charge in [0.1, 0.15) is 0 Å². The third-order valence-electron chi connectivity index (χ3n) is 2.02. The molecule has 1 rings (SSSR count). The van der Waals surface area contributed by atoms with Crippen molar-refractivity contribution < 1.29 is 24.6 Å². The Kier molecular flexibility index (Phi) is 4.25. The Balaban J connectivity index is 2.86.